The summed E-state index contributed by atoms with van der Waals surface area (Å²) in [7, 11) is 0.0392. The van der Waals surface area contributed by atoms with E-state index >= 15 is 0 Å². The Hall–Kier alpha value is -0.995. The fourth-order valence-corrected chi connectivity index (χ4v) is 1.46. The molecule has 0 atom stereocenters. The fraction of sp³-hybridized carbons (Fsp3) is 0.333. The number of hydrogen-bond acceptors (Lipinski definition) is 3. The second-order valence-corrected chi connectivity index (χ2v) is 3.08. The zero-order valence-electron chi connectivity index (χ0n) is 8.03. The maximum absolute atomic E-state index is 9.06. The third-order valence-electron chi connectivity index (χ3n) is 1.93. The normalized spacial score (nSPS) is 9.92. The minimum atomic E-state index is -1.48. The number of aryl methyl sites for hydroxylation is 2. The molecule has 0 aliphatic carbocycles. The van der Waals surface area contributed by atoms with E-state index in [-0.39, 0.29) is 0 Å². The average Bonchev–Trinajstić information content (AvgIpc) is 2.02. The predicted octanol–water partition coefficient (Wildman–Crippen LogP) is -0.00816. The Morgan fingerprint density at radius 2 is 1.85 bits per heavy atom. The van der Waals surface area contributed by atoms with E-state index in [0.29, 0.717) is 11.2 Å². The Labute approximate surface area is 78.1 Å². The molecule has 13 heavy (non-hydrogen) atoms. The van der Waals surface area contributed by atoms with Crippen molar-refractivity contribution in [1.29, 1.82) is 0 Å². The first-order chi connectivity index (χ1) is 6.06. The summed E-state index contributed by atoms with van der Waals surface area (Å²) in [4.78, 5) is 0. The van der Waals surface area contributed by atoms with E-state index in [2.05, 4.69) is 0 Å². The molecule has 0 amide bonds. The lowest BCUT2D eigenvalue weighted by Gasteiger charge is -2.11. The maximum atomic E-state index is 9.06. The predicted molar refractivity (Wildman–Crippen MR) is 52.3 cm³/mol. The molecule has 0 spiro atoms. The molecule has 1 aromatic carbocycles. The molecule has 70 valence electrons. The zero-order valence-corrected chi connectivity index (χ0v) is 8.03. The molecule has 0 aliphatic heterocycles. The van der Waals surface area contributed by atoms with Crippen LogP contribution >= 0.6 is 0 Å². The molecule has 4 heteroatoms. The highest BCUT2D eigenvalue weighted by Crippen LogP contribution is 2.16. The van der Waals surface area contributed by atoms with Crippen LogP contribution in [0.25, 0.3) is 0 Å². The first-order valence-corrected chi connectivity index (χ1v) is 4.07. The molecule has 0 aromatic heterocycles. The Morgan fingerprint density at radius 3 is 2.31 bits per heavy atom. The van der Waals surface area contributed by atoms with Crippen molar-refractivity contribution in [3.8, 4) is 5.75 Å². The van der Waals surface area contributed by atoms with Gasteiger partial charge in [0, 0.05) is 5.46 Å². The lowest BCUT2D eigenvalue weighted by molar-refractivity contribution is 0.401. The van der Waals surface area contributed by atoms with Crippen molar-refractivity contribution in [2.24, 2.45) is 0 Å². The molecular weight excluding hydrogens is 167 g/mol. The van der Waals surface area contributed by atoms with E-state index in [1.54, 1.807) is 6.07 Å². The Bertz CT molecular complexity index is 310. The highest BCUT2D eigenvalue weighted by atomic mass is 16.5. The lowest BCUT2D eigenvalue weighted by Crippen LogP contribution is -2.31. The van der Waals surface area contributed by atoms with Gasteiger partial charge in [-0.1, -0.05) is 17.7 Å². The van der Waals surface area contributed by atoms with E-state index in [0.717, 1.165) is 11.1 Å². The van der Waals surface area contributed by atoms with E-state index < -0.39 is 7.12 Å². The van der Waals surface area contributed by atoms with Gasteiger partial charge in [0.05, 0.1) is 7.11 Å². The summed E-state index contributed by atoms with van der Waals surface area (Å²) in [6, 6.07) is 3.64. The summed E-state index contributed by atoms with van der Waals surface area (Å²) in [6.45, 7) is 3.77. The first kappa shape index (κ1) is 10.1. The van der Waals surface area contributed by atoms with Crippen LogP contribution in [0.4, 0.5) is 0 Å². The van der Waals surface area contributed by atoms with E-state index in [4.69, 9.17) is 14.8 Å². The zero-order chi connectivity index (χ0) is 10.0. The van der Waals surface area contributed by atoms with E-state index in [1.165, 1.54) is 7.11 Å². The van der Waals surface area contributed by atoms with Crippen LogP contribution in [0, 0.1) is 13.8 Å². The fourth-order valence-electron chi connectivity index (χ4n) is 1.46. The smallest absolute Gasteiger partial charge is 0.492 e. The SMILES string of the molecule is COc1c(C)cc(C)cc1B(O)O. The van der Waals surface area contributed by atoms with Gasteiger partial charge in [-0.05, 0) is 19.4 Å². The summed E-state index contributed by atoms with van der Waals surface area (Å²) in [6.07, 6.45) is 0. The van der Waals surface area contributed by atoms with Gasteiger partial charge in [-0.2, -0.15) is 0 Å². The van der Waals surface area contributed by atoms with Crippen molar-refractivity contribution >= 4 is 12.6 Å². The molecule has 0 bridgehead atoms. The van der Waals surface area contributed by atoms with Crippen LogP contribution in [0.15, 0.2) is 12.1 Å². The number of hydrogen-bond donors (Lipinski definition) is 2. The van der Waals surface area contributed by atoms with Crippen LogP contribution < -0.4 is 10.2 Å². The number of benzene rings is 1. The Morgan fingerprint density at radius 1 is 1.23 bits per heavy atom. The topological polar surface area (TPSA) is 49.7 Å². The molecular formula is C9H13BO3. The molecule has 0 radical (unpaired) electrons. The molecule has 1 aromatic rings. The molecule has 0 aliphatic rings. The molecule has 0 saturated heterocycles. The van der Waals surface area contributed by atoms with Gasteiger partial charge in [0.15, 0.2) is 0 Å². The first-order valence-electron chi connectivity index (χ1n) is 4.07. The number of methoxy groups -OCH3 is 1. The van der Waals surface area contributed by atoms with Crippen LogP contribution in [0.5, 0.6) is 5.75 Å². The van der Waals surface area contributed by atoms with Gasteiger partial charge in [-0.25, -0.2) is 0 Å². The van der Waals surface area contributed by atoms with Crippen LogP contribution in [-0.2, 0) is 0 Å². The monoisotopic (exact) mass is 180 g/mol. The molecule has 3 nitrogen and oxygen atoms in total. The second kappa shape index (κ2) is 3.81. The summed E-state index contributed by atoms with van der Waals surface area (Å²) in [5, 5.41) is 18.1. The van der Waals surface area contributed by atoms with Crippen molar-refractivity contribution < 1.29 is 14.8 Å². The van der Waals surface area contributed by atoms with Crippen LogP contribution in [0.1, 0.15) is 11.1 Å². The van der Waals surface area contributed by atoms with Gasteiger partial charge in [-0.3, -0.25) is 0 Å². The van der Waals surface area contributed by atoms with Crippen molar-refractivity contribution in [2.45, 2.75) is 13.8 Å². The Kier molecular flexibility index (Phi) is 2.96. The van der Waals surface area contributed by atoms with Crippen molar-refractivity contribution in [2.75, 3.05) is 7.11 Å². The van der Waals surface area contributed by atoms with Crippen molar-refractivity contribution in [1.82, 2.24) is 0 Å². The minimum Gasteiger partial charge on any atom is -0.497 e. The summed E-state index contributed by atoms with van der Waals surface area (Å²) in [5.74, 6) is 0.542. The molecule has 0 heterocycles. The maximum Gasteiger partial charge on any atom is 0.492 e. The largest absolute Gasteiger partial charge is 0.497 e. The lowest BCUT2D eigenvalue weighted by atomic mass is 9.78. The third-order valence-corrected chi connectivity index (χ3v) is 1.93. The summed E-state index contributed by atoms with van der Waals surface area (Å²) >= 11 is 0. The van der Waals surface area contributed by atoms with Crippen LogP contribution in [0.3, 0.4) is 0 Å². The summed E-state index contributed by atoms with van der Waals surface area (Å²) in [5.41, 5.74) is 2.31. The molecule has 0 unspecified atom stereocenters. The third kappa shape index (κ3) is 2.02. The molecule has 0 fully saturated rings. The molecule has 0 saturated carbocycles. The van der Waals surface area contributed by atoms with Crippen molar-refractivity contribution in [3.05, 3.63) is 23.3 Å². The summed E-state index contributed by atoms with van der Waals surface area (Å²) < 4.78 is 5.07. The standard InChI is InChI=1S/C9H13BO3/c1-6-4-7(2)9(13-3)8(5-6)10(11)12/h4-5,11-12H,1-3H3. The average molecular weight is 180 g/mol. The van der Waals surface area contributed by atoms with Crippen molar-refractivity contribution in [3.63, 3.8) is 0 Å². The van der Waals surface area contributed by atoms with Gasteiger partial charge in [0.1, 0.15) is 5.75 Å². The minimum absolute atomic E-state index is 0.417. The highest BCUT2D eigenvalue weighted by molar-refractivity contribution is 6.59. The second-order valence-electron chi connectivity index (χ2n) is 3.08. The molecule has 2 N–H and O–H groups in total. The quantitative estimate of drug-likeness (QED) is 0.629. The van der Waals surface area contributed by atoms with Crippen LogP contribution in [0.2, 0.25) is 0 Å². The van der Waals surface area contributed by atoms with Gasteiger partial charge in [0.25, 0.3) is 0 Å². The number of ether oxygens (including phenoxy) is 1. The highest BCUT2D eigenvalue weighted by Gasteiger charge is 2.18. The van der Waals surface area contributed by atoms with Gasteiger partial charge < -0.3 is 14.8 Å². The van der Waals surface area contributed by atoms with E-state index in [9.17, 15) is 0 Å². The van der Waals surface area contributed by atoms with Gasteiger partial charge in [-0.15, -0.1) is 0 Å². The van der Waals surface area contributed by atoms with Gasteiger partial charge >= 0.3 is 7.12 Å². The van der Waals surface area contributed by atoms with E-state index in [1.807, 2.05) is 19.9 Å². The Balaban J connectivity index is 3.29. The van der Waals surface area contributed by atoms with Gasteiger partial charge in [0.2, 0.25) is 0 Å². The molecule has 1 rings (SSSR count). The van der Waals surface area contributed by atoms with Crippen LogP contribution in [-0.4, -0.2) is 24.3 Å². The number of rotatable bonds is 2.